The molecule has 0 spiro atoms. The maximum absolute atomic E-state index is 12.1. The predicted octanol–water partition coefficient (Wildman–Crippen LogP) is 3.21. The molecule has 1 aliphatic heterocycles. The highest BCUT2D eigenvalue weighted by Crippen LogP contribution is 2.23. The highest BCUT2D eigenvalue weighted by molar-refractivity contribution is 5.92. The van der Waals surface area contributed by atoms with E-state index < -0.39 is 0 Å². The molecule has 128 valence electrons. The lowest BCUT2D eigenvalue weighted by Crippen LogP contribution is -2.34. The van der Waals surface area contributed by atoms with Crippen LogP contribution in [0.3, 0.4) is 0 Å². The third kappa shape index (κ3) is 3.57. The summed E-state index contributed by atoms with van der Waals surface area (Å²) in [6.07, 6.45) is 2.84. The predicted molar refractivity (Wildman–Crippen MR) is 99.9 cm³/mol. The average Bonchev–Trinajstić information content (AvgIpc) is 3.30. The zero-order valence-corrected chi connectivity index (χ0v) is 13.9. The molecular weight excluding hydrogens is 314 g/mol. The van der Waals surface area contributed by atoms with Crippen LogP contribution < -0.4 is 15.5 Å². The SMILES string of the molecule is O=C(NC[C@@H]1CCN(c2ccccc2)C1)Nc1ccc2[nH]ncc2c1. The average molecular weight is 335 g/mol. The molecule has 0 radical (unpaired) electrons. The zero-order chi connectivity index (χ0) is 17.1. The molecule has 1 fully saturated rings. The lowest BCUT2D eigenvalue weighted by Gasteiger charge is -2.18. The molecule has 0 aliphatic carbocycles. The van der Waals surface area contributed by atoms with E-state index in [0.29, 0.717) is 12.5 Å². The maximum atomic E-state index is 12.1. The maximum Gasteiger partial charge on any atom is 0.319 e. The van der Waals surface area contributed by atoms with Crippen molar-refractivity contribution in [3.05, 3.63) is 54.7 Å². The van der Waals surface area contributed by atoms with Crippen LogP contribution in [-0.4, -0.2) is 35.9 Å². The Bertz CT molecular complexity index is 860. The van der Waals surface area contributed by atoms with Crippen molar-refractivity contribution < 1.29 is 4.79 Å². The molecule has 1 saturated heterocycles. The van der Waals surface area contributed by atoms with Crippen molar-refractivity contribution in [2.45, 2.75) is 6.42 Å². The van der Waals surface area contributed by atoms with Crippen molar-refractivity contribution in [3.63, 3.8) is 0 Å². The molecule has 1 aliphatic rings. The number of aromatic amines is 1. The van der Waals surface area contributed by atoms with Crippen molar-refractivity contribution >= 4 is 28.3 Å². The molecule has 1 atom stereocenters. The monoisotopic (exact) mass is 335 g/mol. The Morgan fingerprint density at radius 2 is 2.12 bits per heavy atom. The fourth-order valence-electron chi connectivity index (χ4n) is 3.31. The number of H-pyrrole nitrogens is 1. The van der Waals surface area contributed by atoms with Gasteiger partial charge >= 0.3 is 6.03 Å². The van der Waals surface area contributed by atoms with Gasteiger partial charge in [-0.25, -0.2) is 4.79 Å². The van der Waals surface area contributed by atoms with E-state index in [4.69, 9.17) is 0 Å². The van der Waals surface area contributed by atoms with E-state index in [1.165, 1.54) is 5.69 Å². The number of anilines is 2. The number of amides is 2. The minimum atomic E-state index is -0.166. The Kier molecular flexibility index (Phi) is 4.24. The van der Waals surface area contributed by atoms with Gasteiger partial charge in [-0.1, -0.05) is 18.2 Å². The number of nitrogens with one attached hydrogen (secondary N) is 3. The first kappa shape index (κ1) is 15.5. The summed E-state index contributed by atoms with van der Waals surface area (Å²) in [7, 11) is 0. The number of nitrogens with zero attached hydrogens (tertiary/aromatic N) is 2. The molecule has 2 heterocycles. The van der Waals surface area contributed by atoms with Crippen molar-refractivity contribution in [1.82, 2.24) is 15.5 Å². The molecule has 4 rings (SSSR count). The summed E-state index contributed by atoms with van der Waals surface area (Å²) in [5.74, 6) is 0.474. The van der Waals surface area contributed by atoms with E-state index >= 15 is 0 Å². The van der Waals surface area contributed by atoms with E-state index in [0.717, 1.165) is 36.1 Å². The van der Waals surface area contributed by atoms with Crippen LogP contribution >= 0.6 is 0 Å². The van der Waals surface area contributed by atoms with E-state index in [2.05, 4.69) is 50.0 Å². The van der Waals surface area contributed by atoms with Gasteiger partial charge in [0.2, 0.25) is 0 Å². The number of urea groups is 1. The van der Waals surface area contributed by atoms with Gasteiger partial charge in [-0.15, -0.1) is 0 Å². The Morgan fingerprint density at radius 3 is 3.00 bits per heavy atom. The molecule has 25 heavy (non-hydrogen) atoms. The summed E-state index contributed by atoms with van der Waals surface area (Å²) in [5.41, 5.74) is 2.98. The summed E-state index contributed by atoms with van der Waals surface area (Å²) in [5, 5.41) is 13.7. The van der Waals surface area contributed by atoms with Gasteiger partial charge in [0.1, 0.15) is 0 Å². The number of aromatic nitrogens is 2. The van der Waals surface area contributed by atoms with Gasteiger partial charge in [0.05, 0.1) is 11.7 Å². The molecule has 2 aromatic carbocycles. The topological polar surface area (TPSA) is 73.1 Å². The highest BCUT2D eigenvalue weighted by Gasteiger charge is 2.22. The molecule has 0 unspecified atom stereocenters. The second-order valence-electron chi connectivity index (χ2n) is 6.44. The standard InChI is InChI=1S/C19H21N5O/c25-19(22-16-6-7-18-15(10-16)12-21-23-18)20-11-14-8-9-24(13-14)17-4-2-1-3-5-17/h1-7,10,12,14H,8-9,11,13H2,(H,21,23)(H2,20,22,25)/t14-/m0/s1. The van der Waals surface area contributed by atoms with Crippen molar-refractivity contribution in [2.75, 3.05) is 29.9 Å². The largest absolute Gasteiger partial charge is 0.371 e. The molecule has 0 saturated carbocycles. The summed E-state index contributed by atoms with van der Waals surface area (Å²) in [6.45, 7) is 2.70. The molecule has 2 amide bonds. The van der Waals surface area contributed by atoms with Crippen LogP contribution in [0, 0.1) is 5.92 Å². The summed E-state index contributed by atoms with van der Waals surface area (Å²) in [6, 6.07) is 15.9. The third-order valence-corrected chi connectivity index (χ3v) is 4.66. The van der Waals surface area contributed by atoms with Gasteiger partial charge in [0, 0.05) is 36.4 Å². The number of rotatable bonds is 4. The van der Waals surface area contributed by atoms with Gasteiger partial charge in [0.15, 0.2) is 0 Å². The molecule has 3 aromatic rings. The zero-order valence-electron chi connectivity index (χ0n) is 13.9. The molecule has 6 nitrogen and oxygen atoms in total. The van der Waals surface area contributed by atoms with E-state index in [1.807, 2.05) is 24.3 Å². The quantitative estimate of drug-likeness (QED) is 0.685. The minimum Gasteiger partial charge on any atom is -0.371 e. The van der Waals surface area contributed by atoms with Crippen LogP contribution in [-0.2, 0) is 0 Å². The highest BCUT2D eigenvalue weighted by atomic mass is 16.2. The molecule has 6 heteroatoms. The molecule has 3 N–H and O–H groups in total. The van der Waals surface area contributed by atoms with Crippen LogP contribution in [0.25, 0.3) is 10.9 Å². The van der Waals surface area contributed by atoms with Gasteiger partial charge in [-0.3, -0.25) is 5.10 Å². The smallest absolute Gasteiger partial charge is 0.319 e. The summed E-state index contributed by atoms with van der Waals surface area (Å²) in [4.78, 5) is 14.5. The summed E-state index contributed by atoms with van der Waals surface area (Å²) < 4.78 is 0. The van der Waals surface area contributed by atoms with Crippen molar-refractivity contribution in [1.29, 1.82) is 0 Å². The Morgan fingerprint density at radius 1 is 1.24 bits per heavy atom. The number of hydrogen-bond acceptors (Lipinski definition) is 3. The fraction of sp³-hybridized carbons (Fsp3) is 0.263. The first-order chi connectivity index (χ1) is 12.3. The molecule has 1 aromatic heterocycles. The number of benzene rings is 2. The third-order valence-electron chi connectivity index (χ3n) is 4.66. The number of fused-ring (bicyclic) bond motifs is 1. The second-order valence-corrected chi connectivity index (χ2v) is 6.44. The molecular formula is C19H21N5O. The van der Waals surface area contributed by atoms with Gasteiger partial charge in [0.25, 0.3) is 0 Å². The van der Waals surface area contributed by atoms with Gasteiger partial charge < -0.3 is 15.5 Å². The lowest BCUT2D eigenvalue weighted by atomic mass is 10.1. The molecule has 0 bridgehead atoms. The van der Waals surface area contributed by atoms with Gasteiger partial charge in [-0.05, 0) is 42.7 Å². The van der Waals surface area contributed by atoms with Gasteiger partial charge in [-0.2, -0.15) is 5.10 Å². The van der Waals surface area contributed by atoms with Crippen molar-refractivity contribution in [2.24, 2.45) is 5.92 Å². The fourth-order valence-corrected chi connectivity index (χ4v) is 3.31. The first-order valence-electron chi connectivity index (χ1n) is 8.56. The van der Waals surface area contributed by atoms with E-state index in [-0.39, 0.29) is 6.03 Å². The van der Waals surface area contributed by atoms with Crippen LogP contribution in [0.4, 0.5) is 16.2 Å². The number of hydrogen-bond donors (Lipinski definition) is 3. The minimum absolute atomic E-state index is 0.166. The first-order valence-corrected chi connectivity index (χ1v) is 8.56. The summed E-state index contributed by atoms with van der Waals surface area (Å²) >= 11 is 0. The van der Waals surface area contributed by atoms with Crippen LogP contribution in [0.15, 0.2) is 54.7 Å². The Labute approximate surface area is 146 Å². The van der Waals surface area contributed by atoms with E-state index in [1.54, 1.807) is 6.20 Å². The van der Waals surface area contributed by atoms with Crippen LogP contribution in [0.5, 0.6) is 0 Å². The normalized spacial score (nSPS) is 17.0. The number of carbonyl (C=O) groups excluding carboxylic acids is 1. The van der Waals surface area contributed by atoms with E-state index in [9.17, 15) is 4.79 Å². The lowest BCUT2D eigenvalue weighted by molar-refractivity contribution is 0.250. The number of para-hydroxylation sites is 1. The Hall–Kier alpha value is -3.02. The Balaban J connectivity index is 1.27. The number of carbonyl (C=O) groups is 1. The van der Waals surface area contributed by atoms with Crippen LogP contribution in [0.2, 0.25) is 0 Å². The van der Waals surface area contributed by atoms with Crippen LogP contribution in [0.1, 0.15) is 6.42 Å². The second kappa shape index (κ2) is 6.84. The van der Waals surface area contributed by atoms with Crippen molar-refractivity contribution in [3.8, 4) is 0 Å².